The van der Waals surface area contributed by atoms with Gasteiger partial charge >= 0.3 is 0 Å². The SMILES string of the molecule is COc1ccc(OC)c(/C=C2\Oc3c(cc4c(c3C)OCN(CCc3ccc(F)cc3)C4)C2=O)c1. The number of carbonyl (C=O) groups is 1. The molecular weight excluding hydrogens is 449 g/mol. The number of fused-ring (bicyclic) bond motifs is 2. The van der Waals surface area contributed by atoms with Crippen molar-refractivity contribution in [2.24, 2.45) is 0 Å². The predicted molar refractivity (Wildman–Crippen MR) is 130 cm³/mol. The number of hydrogen-bond acceptors (Lipinski definition) is 6. The van der Waals surface area contributed by atoms with Gasteiger partial charge in [-0.3, -0.25) is 9.69 Å². The van der Waals surface area contributed by atoms with E-state index >= 15 is 0 Å². The highest BCUT2D eigenvalue weighted by molar-refractivity contribution is 6.15. The molecule has 0 N–H and O–H groups in total. The Kier molecular flexibility index (Phi) is 6.17. The Bertz CT molecular complexity index is 1320. The van der Waals surface area contributed by atoms with E-state index in [2.05, 4.69) is 4.90 Å². The van der Waals surface area contributed by atoms with Crippen LogP contribution in [0, 0.1) is 12.7 Å². The minimum atomic E-state index is -0.238. The van der Waals surface area contributed by atoms with Gasteiger partial charge in [-0.2, -0.15) is 0 Å². The highest BCUT2D eigenvalue weighted by atomic mass is 19.1. The fourth-order valence-corrected chi connectivity index (χ4v) is 4.47. The Morgan fingerprint density at radius 2 is 1.86 bits per heavy atom. The summed E-state index contributed by atoms with van der Waals surface area (Å²) in [6.07, 6.45) is 2.46. The summed E-state index contributed by atoms with van der Waals surface area (Å²) in [4.78, 5) is 15.4. The van der Waals surface area contributed by atoms with Crippen molar-refractivity contribution in [2.75, 3.05) is 27.5 Å². The first kappa shape index (κ1) is 22.9. The normalized spacial score (nSPS) is 15.9. The molecule has 0 atom stereocenters. The number of halogens is 1. The maximum Gasteiger partial charge on any atom is 0.231 e. The molecule has 0 bridgehead atoms. The van der Waals surface area contributed by atoms with Crippen molar-refractivity contribution in [3.05, 3.63) is 87.9 Å². The first-order valence-corrected chi connectivity index (χ1v) is 11.4. The minimum Gasteiger partial charge on any atom is -0.497 e. The topological polar surface area (TPSA) is 57.2 Å². The lowest BCUT2D eigenvalue weighted by Crippen LogP contribution is -2.34. The molecule has 2 heterocycles. The average Bonchev–Trinajstić information content (AvgIpc) is 3.18. The van der Waals surface area contributed by atoms with Crippen molar-refractivity contribution in [3.8, 4) is 23.0 Å². The zero-order valence-electron chi connectivity index (χ0n) is 19.9. The van der Waals surface area contributed by atoms with Gasteiger partial charge in [0, 0.05) is 29.8 Å². The van der Waals surface area contributed by atoms with Crippen molar-refractivity contribution >= 4 is 11.9 Å². The molecule has 0 saturated heterocycles. The number of rotatable bonds is 6. The summed E-state index contributed by atoms with van der Waals surface area (Å²) in [5.74, 6) is 2.36. The van der Waals surface area contributed by atoms with E-state index in [1.54, 1.807) is 50.6 Å². The molecule has 180 valence electrons. The fraction of sp³-hybridized carbons (Fsp3) is 0.250. The molecule has 0 amide bonds. The maximum absolute atomic E-state index is 13.3. The summed E-state index contributed by atoms with van der Waals surface area (Å²) in [7, 11) is 3.16. The van der Waals surface area contributed by atoms with E-state index in [9.17, 15) is 9.18 Å². The maximum atomic E-state index is 13.3. The second-order valence-corrected chi connectivity index (χ2v) is 8.62. The molecule has 3 aromatic rings. The molecule has 2 aliphatic rings. The number of benzene rings is 3. The Labute approximate surface area is 203 Å². The summed E-state index contributed by atoms with van der Waals surface area (Å²) < 4.78 is 36.0. The largest absolute Gasteiger partial charge is 0.497 e. The van der Waals surface area contributed by atoms with Crippen molar-refractivity contribution in [3.63, 3.8) is 0 Å². The van der Waals surface area contributed by atoms with Crippen LogP contribution >= 0.6 is 0 Å². The van der Waals surface area contributed by atoms with Crippen LogP contribution in [0.25, 0.3) is 6.08 Å². The first-order valence-electron chi connectivity index (χ1n) is 11.4. The van der Waals surface area contributed by atoms with Gasteiger partial charge in [0.25, 0.3) is 0 Å². The average molecular weight is 476 g/mol. The number of carbonyl (C=O) groups excluding carboxylic acids is 1. The van der Waals surface area contributed by atoms with E-state index in [0.29, 0.717) is 41.7 Å². The van der Waals surface area contributed by atoms with Crippen LogP contribution in [-0.4, -0.2) is 38.2 Å². The van der Waals surface area contributed by atoms with Gasteiger partial charge in [0.15, 0.2) is 5.76 Å². The number of allylic oxidation sites excluding steroid dienone is 1. The first-order chi connectivity index (χ1) is 17.0. The molecule has 35 heavy (non-hydrogen) atoms. The Morgan fingerprint density at radius 3 is 2.60 bits per heavy atom. The van der Waals surface area contributed by atoms with E-state index in [-0.39, 0.29) is 17.4 Å². The zero-order valence-corrected chi connectivity index (χ0v) is 19.9. The van der Waals surface area contributed by atoms with Crippen LogP contribution in [-0.2, 0) is 13.0 Å². The Morgan fingerprint density at radius 1 is 1.06 bits per heavy atom. The quantitative estimate of drug-likeness (QED) is 0.459. The van der Waals surface area contributed by atoms with E-state index in [1.165, 1.54) is 12.1 Å². The standard InChI is InChI=1S/C28H26FNO5/c1-17-27-20(15-30(16-34-27)11-10-18-4-6-21(29)7-5-18)13-23-26(31)25(35-28(17)23)14-19-12-22(32-2)8-9-24(19)33-3/h4-9,12-14H,10-11,15-16H2,1-3H3/b25-14-. The highest BCUT2D eigenvalue weighted by Gasteiger charge is 2.33. The van der Waals surface area contributed by atoms with E-state index in [0.717, 1.165) is 35.4 Å². The number of hydrogen-bond donors (Lipinski definition) is 0. The molecule has 0 saturated carbocycles. The smallest absolute Gasteiger partial charge is 0.231 e. The van der Waals surface area contributed by atoms with Crippen molar-refractivity contribution in [2.45, 2.75) is 19.9 Å². The third-order valence-corrected chi connectivity index (χ3v) is 6.36. The summed E-state index contributed by atoms with van der Waals surface area (Å²) in [5, 5.41) is 0. The second-order valence-electron chi connectivity index (χ2n) is 8.62. The Hall–Kier alpha value is -3.84. The van der Waals surface area contributed by atoms with Crippen LogP contribution in [0.2, 0.25) is 0 Å². The molecule has 0 spiro atoms. The molecule has 6 nitrogen and oxygen atoms in total. The molecule has 0 radical (unpaired) electrons. The third-order valence-electron chi connectivity index (χ3n) is 6.36. The van der Waals surface area contributed by atoms with Gasteiger partial charge in [-0.25, -0.2) is 4.39 Å². The predicted octanol–water partition coefficient (Wildman–Crippen LogP) is 5.16. The summed E-state index contributed by atoms with van der Waals surface area (Å²) >= 11 is 0. The van der Waals surface area contributed by atoms with E-state index < -0.39 is 0 Å². The number of ether oxygens (including phenoxy) is 4. The van der Waals surface area contributed by atoms with Crippen LogP contribution in [0.5, 0.6) is 23.0 Å². The van der Waals surface area contributed by atoms with E-state index in [4.69, 9.17) is 18.9 Å². The van der Waals surface area contributed by atoms with Crippen LogP contribution in [0.3, 0.4) is 0 Å². The van der Waals surface area contributed by atoms with Crippen LogP contribution in [0.1, 0.15) is 32.6 Å². The molecule has 5 rings (SSSR count). The highest BCUT2D eigenvalue weighted by Crippen LogP contribution is 2.43. The minimum absolute atomic E-state index is 0.181. The lowest BCUT2D eigenvalue weighted by Gasteiger charge is -2.30. The lowest BCUT2D eigenvalue weighted by molar-refractivity contribution is 0.0954. The molecule has 0 aromatic heterocycles. The van der Waals surface area contributed by atoms with E-state index in [1.807, 2.05) is 13.0 Å². The monoisotopic (exact) mass is 475 g/mol. The summed E-state index contributed by atoms with van der Waals surface area (Å²) in [6, 6.07) is 13.8. The van der Waals surface area contributed by atoms with Gasteiger partial charge in [-0.05, 0) is 61.4 Å². The second kappa shape index (κ2) is 9.43. The summed E-state index contributed by atoms with van der Waals surface area (Å²) in [6.45, 7) is 3.76. The zero-order chi connectivity index (χ0) is 24.5. The van der Waals surface area contributed by atoms with Crippen molar-refractivity contribution in [1.29, 1.82) is 0 Å². The van der Waals surface area contributed by atoms with Crippen molar-refractivity contribution in [1.82, 2.24) is 4.90 Å². The van der Waals surface area contributed by atoms with Gasteiger partial charge in [-0.1, -0.05) is 12.1 Å². The molecule has 3 aromatic carbocycles. The molecular formula is C28H26FNO5. The Balaban J connectivity index is 1.38. The fourth-order valence-electron chi connectivity index (χ4n) is 4.47. The molecule has 2 aliphatic heterocycles. The van der Waals surface area contributed by atoms with Gasteiger partial charge in [0.2, 0.25) is 5.78 Å². The number of methoxy groups -OCH3 is 2. The van der Waals surface area contributed by atoms with Gasteiger partial charge in [0.05, 0.1) is 19.8 Å². The molecule has 0 aliphatic carbocycles. The van der Waals surface area contributed by atoms with Crippen LogP contribution in [0.4, 0.5) is 4.39 Å². The molecule has 0 unspecified atom stereocenters. The number of nitrogens with zero attached hydrogens (tertiary/aromatic N) is 1. The molecule has 0 fully saturated rings. The lowest BCUT2D eigenvalue weighted by atomic mass is 9.99. The van der Waals surface area contributed by atoms with Gasteiger partial charge < -0.3 is 18.9 Å². The van der Waals surface area contributed by atoms with Crippen molar-refractivity contribution < 1.29 is 28.1 Å². The summed E-state index contributed by atoms with van der Waals surface area (Å²) in [5.41, 5.74) is 4.04. The van der Waals surface area contributed by atoms with Gasteiger partial charge in [0.1, 0.15) is 35.5 Å². The molecule has 7 heteroatoms. The number of ketones is 1. The third kappa shape index (κ3) is 4.47. The van der Waals surface area contributed by atoms with Crippen LogP contribution in [0.15, 0.2) is 54.3 Å². The number of Topliss-reactive ketones (excluding diaryl/α,β-unsaturated/α-hetero) is 1. The van der Waals surface area contributed by atoms with Crippen LogP contribution < -0.4 is 18.9 Å². The van der Waals surface area contributed by atoms with Gasteiger partial charge in [-0.15, -0.1) is 0 Å².